The van der Waals surface area contributed by atoms with Crippen LogP contribution in [0.25, 0.3) is 0 Å². The highest BCUT2D eigenvalue weighted by atomic mass is 16.6. The summed E-state index contributed by atoms with van der Waals surface area (Å²) in [5.41, 5.74) is 1.30. The number of carbonyl (C=O) groups excluding carboxylic acids is 1. The molecule has 2 heterocycles. The monoisotopic (exact) mass is 285 g/mol. The SMILES string of the molecule is COc1ccc(C2Oc3cc(C=O)ccc3OC2C)nc1. The highest BCUT2D eigenvalue weighted by molar-refractivity contribution is 5.76. The number of rotatable bonds is 3. The maximum atomic E-state index is 10.9. The van der Waals surface area contributed by atoms with Gasteiger partial charge in [0.2, 0.25) is 0 Å². The van der Waals surface area contributed by atoms with Crippen molar-refractivity contribution in [2.24, 2.45) is 0 Å². The zero-order valence-corrected chi connectivity index (χ0v) is 11.8. The Morgan fingerprint density at radius 2 is 2.05 bits per heavy atom. The van der Waals surface area contributed by atoms with Crippen LogP contribution in [0.4, 0.5) is 0 Å². The van der Waals surface area contributed by atoms with Gasteiger partial charge in [0, 0.05) is 5.56 Å². The molecule has 5 heteroatoms. The first kappa shape index (κ1) is 13.4. The first-order chi connectivity index (χ1) is 10.2. The van der Waals surface area contributed by atoms with Gasteiger partial charge in [-0.2, -0.15) is 0 Å². The van der Waals surface area contributed by atoms with Gasteiger partial charge in [-0.3, -0.25) is 9.78 Å². The van der Waals surface area contributed by atoms with E-state index in [1.807, 2.05) is 19.1 Å². The second-order valence-electron chi connectivity index (χ2n) is 4.81. The summed E-state index contributed by atoms with van der Waals surface area (Å²) in [5, 5.41) is 0. The van der Waals surface area contributed by atoms with E-state index < -0.39 is 0 Å². The first-order valence-corrected chi connectivity index (χ1v) is 6.63. The number of aldehydes is 1. The fourth-order valence-corrected chi connectivity index (χ4v) is 2.26. The molecule has 5 nitrogen and oxygen atoms in total. The lowest BCUT2D eigenvalue weighted by Gasteiger charge is -2.31. The Morgan fingerprint density at radius 1 is 1.19 bits per heavy atom. The Morgan fingerprint density at radius 3 is 2.71 bits per heavy atom. The number of aromatic nitrogens is 1. The third kappa shape index (κ3) is 2.54. The van der Waals surface area contributed by atoms with Crippen LogP contribution in [-0.2, 0) is 0 Å². The number of fused-ring (bicyclic) bond motifs is 1. The highest BCUT2D eigenvalue weighted by Gasteiger charge is 2.30. The predicted octanol–water partition coefficient (Wildman–Crippen LogP) is 2.80. The molecule has 2 unspecified atom stereocenters. The number of ether oxygens (including phenoxy) is 3. The van der Waals surface area contributed by atoms with Crippen LogP contribution in [-0.4, -0.2) is 24.5 Å². The molecule has 2 atom stereocenters. The Hall–Kier alpha value is -2.56. The van der Waals surface area contributed by atoms with E-state index in [9.17, 15) is 4.79 Å². The lowest BCUT2D eigenvalue weighted by Crippen LogP contribution is -2.31. The van der Waals surface area contributed by atoms with E-state index >= 15 is 0 Å². The van der Waals surface area contributed by atoms with Crippen LogP contribution in [0.2, 0.25) is 0 Å². The maximum Gasteiger partial charge on any atom is 0.177 e. The van der Waals surface area contributed by atoms with Gasteiger partial charge >= 0.3 is 0 Å². The summed E-state index contributed by atoms with van der Waals surface area (Å²) in [6, 6.07) is 8.79. The van der Waals surface area contributed by atoms with E-state index in [0.29, 0.717) is 22.8 Å². The summed E-state index contributed by atoms with van der Waals surface area (Å²) in [6.45, 7) is 1.92. The molecule has 0 radical (unpaired) electrons. The van der Waals surface area contributed by atoms with Gasteiger partial charge in [-0.1, -0.05) is 0 Å². The van der Waals surface area contributed by atoms with E-state index in [0.717, 1.165) is 12.0 Å². The third-order valence-electron chi connectivity index (χ3n) is 3.38. The van der Waals surface area contributed by atoms with E-state index in [2.05, 4.69) is 4.98 Å². The average molecular weight is 285 g/mol. The minimum Gasteiger partial charge on any atom is -0.495 e. The van der Waals surface area contributed by atoms with Crippen LogP contribution in [0.5, 0.6) is 17.2 Å². The predicted molar refractivity (Wildman–Crippen MR) is 76.1 cm³/mol. The molecular weight excluding hydrogens is 270 g/mol. The normalized spacial score (nSPS) is 19.9. The molecule has 1 aliphatic heterocycles. The summed E-state index contributed by atoms with van der Waals surface area (Å²) in [4.78, 5) is 15.2. The molecule has 108 valence electrons. The van der Waals surface area contributed by atoms with Crippen molar-refractivity contribution < 1.29 is 19.0 Å². The number of methoxy groups -OCH3 is 1. The Bertz CT molecular complexity index is 654. The van der Waals surface area contributed by atoms with Gasteiger partial charge in [0.25, 0.3) is 0 Å². The minimum absolute atomic E-state index is 0.180. The minimum atomic E-state index is -0.328. The largest absolute Gasteiger partial charge is 0.495 e. The molecule has 0 saturated heterocycles. The zero-order valence-electron chi connectivity index (χ0n) is 11.8. The van der Waals surface area contributed by atoms with Crippen molar-refractivity contribution in [3.8, 4) is 17.2 Å². The Kier molecular flexibility index (Phi) is 3.48. The van der Waals surface area contributed by atoms with Crippen LogP contribution in [0, 0.1) is 0 Å². The number of carbonyl (C=O) groups is 1. The number of hydrogen-bond acceptors (Lipinski definition) is 5. The first-order valence-electron chi connectivity index (χ1n) is 6.63. The van der Waals surface area contributed by atoms with Crippen LogP contribution >= 0.6 is 0 Å². The average Bonchev–Trinajstić information content (AvgIpc) is 2.54. The van der Waals surface area contributed by atoms with Crippen molar-refractivity contribution >= 4 is 6.29 Å². The van der Waals surface area contributed by atoms with Gasteiger partial charge in [-0.05, 0) is 37.3 Å². The molecule has 1 aliphatic rings. The molecule has 0 spiro atoms. The fourth-order valence-electron chi connectivity index (χ4n) is 2.26. The van der Waals surface area contributed by atoms with Gasteiger partial charge < -0.3 is 14.2 Å². The summed E-state index contributed by atoms with van der Waals surface area (Å²) in [5.74, 6) is 1.88. The van der Waals surface area contributed by atoms with Crippen LogP contribution in [0.15, 0.2) is 36.5 Å². The van der Waals surface area contributed by atoms with Crippen molar-refractivity contribution in [2.75, 3.05) is 7.11 Å². The van der Waals surface area contributed by atoms with Gasteiger partial charge in [0.1, 0.15) is 18.1 Å². The van der Waals surface area contributed by atoms with Gasteiger partial charge in [-0.15, -0.1) is 0 Å². The lowest BCUT2D eigenvalue weighted by molar-refractivity contribution is 0.0281. The standard InChI is InChI=1S/C16H15NO4/c1-10-16(13-5-4-12(19-2)8-17-13)21-15-7-11(9-18)3-6-14(15)20-10/h3-10,16H,1-2H3. The zero-order chi connectivity index (χ0) is 14.8. The second kappa shape index (κ2) is 5.44. The maximum absolute atomic E-state index is 10.9. The molecule has 21 heavy (non-hydrogen) atoms. The molecule has 0 aliphatic carbocycles. The Balaban J connectivity index is 1.91. The molecule has 2 aromatic rings. The number of hydrogen-bond donors (Lipinski definition) is 0. The summed E-state index contributed by atoms with van der Waals surface area (Å²) in [7, 11) is 1.59. The van der Waals surface area contributed by atoms with Crippen molar-refractivity contribution in [1.82, 2.24) is 4.98 Å². The molecule has 1 aromatic heterocycles. The van der Waals surface area contributed by atoms with Crippen molar-refractivity contribution in [2.45, 2.75) is 19.1 Å². The van der Waals surface area contributed by atoms with Crippen LogP contribution < -0.4 is 14.2 Å². The molecule has 0 saturated carbocycles. The van der Waals surface area contributed by atoms with Crippen molar-refractivity contribution in [3.63, 3.8) is 0 Å². The lowest BCUT2D eigenvalue weighted by atomic mass is 10.1. The molecule has 1 aromatic carbocycles. The van der Waals surface area contributed by atoms with E-state index in [4.69, 9.17) is 14.2 Å². The molecule has 0 N–H and O–H groups in total. The molecule has 0 fully saturated rings. The molecule has 0 amide bonds. The van der Waals surface area contributed by atoms with Gasteiger partial charge in [0.05, 0.1) is 19.0 Å². The molecular formula is C16H15NO4. The van der Waals surface area contributed by atoms with Gasteiger partial charge in [-0.25, -0.2) is 0 Å². The fraction of sp³-hybridized carbons (Fsp3) is 0.250. The topological polar surface area (TPSA) is 57.7 Å². The van der Waals surface area contributed by atoms with E-state index in [1.165, 1.54) is 0 Å². The summed E-state index contributed by atoms with van der Waals surface area (Å²) in [6.07, 6.45) is 1.91. The number of nitrogens with zero attached hydrogens (tertiary/aromatic N) is 1. The van der Waals surface area contributed by atoms with E-state index in [-0.39, 0.29) is 12.2 Å². The van der Waals surface area contributed by atoms with Crippen molar-refractivity contribution in [3.05, 3.63) is 47.8 Å². The number of pyridine rings is 1. The quantitative estimate of drug-likeness (QED) is 0.812. The Labute approximate surface area is 122 Å². The smallest absolute Gasteiger partial charge is 0.177 e. The van der Waals surface area contributed by atoms with Crippen molar-refractivity contribution in [1.29, 1.82) is 0 Å². The van der Waals surface area contributed by atoms with Gasteiger partial charge in [0.15, 0.2) is 17.6 Å². The van der Waals surface area contributed by atoms with E-state index in [1.54, 1.807) is 31.5 Å². The third-order valence-corrected chi connectivity index (χ3v) is 3.38. The van der Waals surface area contributed by atoms with Crippen LogP contribution in [0.1, 0.15) is 29.1 Å². The highest BCUT2D eigenvalue weighted by Crippen LogP contribution is 2.39. The van der Waals surface area contributed by atoms with Crippen LogP contribution in [0.3, 0.4) is 0 Å². The molecule has 3 rings (SSSR count). The summed E-state index contributed by atoms with van der Waals surface area (Å²) >= 11 is 0. The summed E-state index contributed by atoms with van der Waals surface area (Å²) < 4.78 is 16.9. The second-order valence-corrected chi connectivity index (χ2v) is 4.81. The number of benzene rings is 1. The molecule has 0 bridgehead atoms.